The van der Waals surface area contributed by atoms with Gasteiger partial charge in [0.15, 0.2) is 5.13 Å². The van der Waals surface area contributed by atoms with Crippen LogP contribution in [0.3, 0.4) is 0 Å². The molecular formula is C20H15F3N4OS. The van der Waals surface area contributed by atoms with Gasteiger partial charge in [-0.15, -0.1) is 11.3 Å². The van der Waals surface area contributed by atoms with Crippen molar-refractivity contribution in [1.82, 2.24) is 9.55 Å². The SMILES string of the molecule is Cc1cc(/C=C(/C#N)C(=O)Nc2nccs2)c(C)n1-c1cccc(C(F)(F)F)c1. The van der Waals surface area contributed by atoms with Crippen molar-refractivity contribution in [2.24, 2.45) is 0 Å². The Balaban J connectivity index is 1.98. The molecule has 0 bridgehead atoms. The highest BCUT2D eigenvalue weighted by molar-refractivity contribution is 7.13. The van der Waals surface area contributed by atoms with E-state index in [1.165, 1.54) is 29.7 Å². The molecule has 0 radical (unpaired) electrons. The zero-order chi connectivity index (χ0) is 21.2. The molecule has 3 rings (SSSR count). The number of hydrogen-bond donors (Lipinski definition) is 1. The molecule has 1 amide bonds. The average molecular weight is 416 g/mol. The summed E-state index contributed by atoms with van der Waals surface area (Å²) in [4.78, 5) is 16.2. The number of anilines is 1. The molecule has 148 valence electrons. The van der Waals surface area contributed by atoms with Crippen molar-refractivity contribution in [3.8, 4) is 11.8 Å². The summed E-state index contributed by atoms with van der Waals surface area (Å²) in [6, 6.07) is 8.55. The first kappa shape index (κ1) is 20.4. The number of thiazole rings is 1. The lowest BCUT2D eigenvalue weighted by Gasteiger charge is -2.13. The van der Waals surface area contributed by atoms with Crippen LogP contribution in [-0.2, 0) is 11.0 Å². The lowest BCUT2D eigenvalue weighted by molar-refractivity contribution is -0.137. The number of amides is 1. The van der Waals surface area contributed by atoms with Gasteiger partial charge in [-0.2, -0.15) is 18.4 Å². The molecular weight excluding hydrogens is 401 g/mol. The fraction of sp³-hybridized carbons (Fsp3) is 0.150. The molecule has 0 aliphatic heterocycles. The number of carbonyl (C=O) groups excluding carboxylic acids is 1. The highest BCUT2D eigenvalue weighted by atomic mass is 32.1. The van der Waals surface area contributed by atoms with Gasteiger partial charge < -0.3 is 4.57 Å². The van der Waals surface area contributed by atoms with Crippen LogP contribution in [0.4, 0.5) is 18.3 Å². The quantitative estimate of drug-likeness (QED) is 0.474. The van der Waals surface area contributed by atoms with E-state index >= 15 is 0 Å². The molecule has 0 aliphatic rings. The predicted molar refractivity (Wildman–Crippen MR) is 105 cm³/mol. The van der Waals surface area contributed by atoms with Gasteiger partial charge in [0.25, 0.3) is 5.91 Å². The van der Waals surface area contributed by atoms with Gasteiger partial charge in [-0.3, -0.25) is 10.1 Å². The Morgan fingerprint density at radius 3 is 2.69 bits per heavy atom. The molecule has 29 heavy (non-hydrogen) atoms. The lowest BCUT2D eigenvalue weighted by Crippen LogP contribution is -2.13. The number of nitrogens with zero attached hydrogens (tertiary/aromatic N) is 3. The number of hydrogen-bond acceptors (Lipinski definition) is 4. The van der Waals surface area contributed by atoms with Crippen LogP contribution in [-0.4, -0.2) is 15.5 Å². The van der Waals surface area contributed by atoms with Crippen molar-refractivity contribution in [1.29, 1.82) is 5.26 Å². The fourth-order valence-electron chi connectivity index (χ4n) is 2.91. The monoisotopic (exact) mass is 416 g/mol. The van der Waals surface area contributed by atoms with Crippen molar-refractivity contribution in [3.63, 3.8) is 0 Å². The number of aromatic nitrogens is 2. The van der Waals surface area contributed by atoms with Crippen LogP contribution in [0.15, 0.2) is 47.5 Å². The molecule has 0 spiro atoms. The van der Waals surface area contributed by atoms with Gasteiger partial charge in [0.1, 0.15) is 11.6 Å². The van der Waals surface area contributed by atoms with E-state index in [0.29, 0.717) is 27.8 Å². The van der Waals surface area contributed by atoms with E-state index in [9.17, 15) is 23.2 Å². The zero-order valence-corrected chi connectivity index (χ0v) is 16.2. The van der Waals surface area contributed by atoms with Crippen LogP contribution in [0.5, 0.6) is 0 Å². The number of benzene rings is 1. The summed E-state index contributed by atoms with van der Waals surface area (Å²) in [7, 11) is 0. The molecule has 1 aromatic carbocycles. The van der Waals surface area contributed by atoms with E-state index in [2.05, 4.69) is 10.3 Å². The number of nitriles is 1. The number of carbonyl (C=O) groups is 1. The summed E-state index contributed by atoms with van der Waals surface area (Å²) in [5.74, 6) is -0.605. The van der Waals surface area contributed by atoms with E-state index in [1.54, 1.807) is 35.9 Å². The van der Waals surface area contributed by atoms with E-state index < -0.39 is 17.6 Å². The van der Waals surface area contributed by atoms with Crippen LogP contribution < -0.4 is 5.32 Å². The minimum Gasteiger partial charge on any atom is -0.318 e. The number of aryl methyl sites for hydroxylation is 1. The Kier molecular flexibility index (Phi) is 5.57. The third-order valence-corrected chi connectivity index (χ3v) is 4.91. The molecule has 0 aliphatic carbocycles. The molecule has 1 N–H and O–H groups in total. The van der Waals surface area contributed by atoms with Crippen molar-refractivity contribution < 1.29 is 18.0 Å². The smallest absolute Gasteiger partial charge is 0.318 e. The lowest BCUT2D eigenvalue weighted by atomic mass is 10.1. The molecule has 5 nitrogen and oxygen atoms in total. The van der Waals surface area contributed by atoms with Crippen molar-refractivity contribution in [3.05, 3.63) is 70.0 Å². The first-order valence-electron chi connectivity index (χ1n) is 8.40. The van der Waals surface area contributed by atoms with Gasteiger partial charge >= 0.3 is 6.18 Å². The standard InChI is InChI=1S/C20H15F3N4OS/c1-12-8-14(9-15(11-24)18(28)26-19-25-6-7-29-19)13(2)27(12)17-5-3-4-16(10-17)20(21,22)23/h3-10H,1-2H3,(H,25,26,28)/b15-9-. The third-order valence-electron chi connectivity index (χ3n) is 4.22. The Hall–Kier alpha value is -3.38. The van der Waals surface area contributed by atoms with Crippen LogP contribution in [0.2, 0.25) is 0 Å². The summed E-state index contributed by atoms with van der Waals surface area (Å²) in [5, 5.41) is 14.0. The molecule has 2 aromatic heterocycles. The third kappa shape index (κ3) is 4.38. The average Bonchev–Trinajstić information content (AvgIpc) is 3.26. The maximum absolute atomic E-state index is 13.0. The topological polar surface area (TPSA) is 70.7 Å². The van der Waals surface area contributed by atoms with Crippen LogP contribution in [0.25, 0.3) is 11.8 Å². The summed E-state index contributed by atoms with van der Waals surface area (Å²) >= 11 is 1.22. The van der Waals surface area contributed by atoms with Gasteiger partial charge in [-0.05, 0) is 49.8 Å². The van der Waals surface area contributed by atoms with Crippen LogP contribution in [0, 0.1) is 25.2 Å². The highest BCUT2D eigenvalue weighted by Gasteiger charge is 2.30. The molecule has 0 unspecified atom stereocenters. The fourth-order valence-corrected chi connectivity index (χ4v) is 3.43. The van der Waals surface area contributed by atoms with Gasteiger partial charge in [0.05, 0.1) is 5.56 Å². The van der Waals surface area contributed by atoms with Crippen LogP contribution in [0.1, 0.15) is 22.5 Å². The van der Waals surface area contributed by atoms with Gasteiger partial charge in [0.2, 0.25) is 0 Å². The van der Waals surface area contributed by atoms with Crippen LogP contribution >= 0.6 is 11.3 Å². The summed E-state index contributed by atoms with van der Waals surface area (Å²) in [6.45, 7) is 3.46. The maximum Gasteiger partial charge on any atom is 0.416 e. The van der Waals surface area contributed by atoms with Crippen molar-refractivity contribution >= 4 is 28.5 Å². The zero-order valence-electron chi connectivity index (χ0n) is 15.4. The summed E-state index contributed by atoms with van der Waals surface area (Å²) in [6.07, 6.45) is -1.51. The Labute approximate surface area is 168 Å². The second-order valence-electron chi connectivity index (χ2n) is 6.17. The minimum absolute atomic E-state index is 0.135. The first-order valence-corrected chi connectivity index (χ1v) is 9.28. The summed E-state index contributed by atoms with van der Waals surface area (Å²) in [5.41, 5.74) is 1.30. The second kappa shape index (κ2) is 7.93. The van der Waals surface area contributed by atoms with Crippen molar-refractivity contribution in [2.45, 2.75) is 20.0 Å². The number of alkyl halides is 3. The van der Waals surface area contributed by atoms with Gasteiger partial charge in [-0.1, -0.05) is 6.07 Å². The molecule has 0 atom stereocenters. The molecule has 2 heterocycles. The molecule has 0 saturated heterocycles. The Morgan fingerprint density at radius 2 is 2.07 bits per heavy atom. The van der Waals surface area contributed by atoms with E-state index in [0.717, 1.165) is 12.1 Å². The Bertz CT molecular complexity index is 1120. The van der Waals surface area contributed by atoms with Gasteiger partial charge in [-0.25, -0.2) is 4.98 Å². The largest absolute Gasteiger partial charge is 0.416 e. The molecule has 0 saturated carbocycles. The maximum atomic E-state index is 13.0. The van der Waals surface area contributed by atoms with E-state index in [-0.39, 0.29) is 5.57 Å². The van der Waals surface area contributed by atoms with E-state index in [4.69, 9.17) is 0 Å². The minimum atomic E-state index is -4.45. The van der Waals surface area contributed by atoms with Crippen molar-refractivity contribution in [2.75, 3.05) is 5.32 Å². The van der Waals surface area contributed by atoms with Gasteiger partial charge in [0, 0.05) is 28.7 Å². The summed E-state index contributed by atoms with van der Waals surface area (Å²) < 4.78 is 40.8. The molecule has 0 fully saturated rings. The second-order valence-corrected chi connectivity index (χ2v) is 7.07. The number of rotatable bonds is 4. The van der Waals surface area contributed by atoms with E-state index in [1.807, 2.05) is 6.07 Å². The normalized spacial score (nSPS) is 11.9. The first-order chi connectivity index (χ1) is 13.7. The Morgan fingerprint density at radius 1 is 1.31 bits per heavy atom. The molecule has 9 heteroatoms. The highest BCUT2D eigenvalue weighted by Crippen LogP contribution is 2.31. The number of nitrogens with one attached hydrogen (secondary N) is 1. The predicted octanol–water partition coefficient (Wildman–Crippen LogP) is 5.12. The molecule has 3 aromatic rings. The number of halogens is 3.